The molecule has 1 aliphatic carbocycles. The van der Waals surface area contributed by atoms with Crippen molar-refractivity contribution in [3.05, 3.63) is 23.0 Å². The van der Waals surface area contributed by atoms with E-state index >= 15 is 0 Å². The molecular weight excluding hydrogens is 330 g/mol. The lowest BCUT2D eigenvalue weighted by molar-refractivity contribution is -0.117. The first-order valence-electron chi connectivity index (χ1n) is 9.42. The van der Waals surface area contributed by atoms with Crippen molar-refractivity contribution in [1.82, 2.24) is 0 Å². The number of ketones is 1. The van der Waals surface area contributed by atoms with Crippen LogP contribution in [0.2, 0.25) is 0 Å². The molecule has 5 nitrogen and oxygen atoms in total. The average molecular weight is 359 g/mol. The van der Waals surface area contributed by atoms with Gasteiger partial charge >= 0.3 is 0 Å². The molecule has 1 atom stereocenters. The van der Waals surface area contributed by atoms with Crippen molar-refractivity contribution in [2.75, 3.05) is 19.8 Å². The number of ether oxygens (including phenoxy) is 1. The van der Waals surface area contributed by atoms with E-state index in [4.69, 9.17) is 16.0 Å². The van der Waals surface area contributed by atoms with Crippen molar-refractivity contribution in [2.45, 2.75) is 52.4 Å². The fraction of sp³-hybridized carbons (Fsp3) is 0.619. The second kappa shape index (κ2) is 10.2. The molecule has 0 radical (unpaired) electrons. The van der Waals surface area contributed by atoms with Crippen LogP contribution in [0.1, 0.15) is 52.4 Å². The number of Topliss-reactive ketones (excluding diaryl/α,β-unsaturated/α-hetero) is 1. The maximum atomic E-state index is 12.7. The molecule has 142 valence electrons. The van der Waals surface area contributed by atoms with E-state index in [0.717, 1.165) is 38.0 Å². The number of carbonyl (C=O) groups excluding carboxylic acids is 1. The summed E-state index contributed by atoms with van der Waals surface area (Å²) in [6, 6.07) is 0. The third-order valence-electron chi connectivity index (χ3n) is 5.05. The predicted octanol–water partition coefficient (Wildman–Crippen LogP) is 3.96. The van der Waals surface area contributed by atoms with Crippen molar-refractivity contribution in [3.8, 4) is 12.3 Å². The van der Waals surface area contributed by atoms with Gasteiger partial charge in [0.15, 0.2) is 5.78 Å². The Morgan fingerprint density at radius 2 is 2.12 bits per heavy atom. The van der Waals surface area contributed by atoms with Crippen molar-refractivity contribution in [2.24, 2.45) is 17.0 Å². The van der Waals surface area contributed by atoms with Gasteiger partial charge in [0.05, 0.1) is 11.3 Å². The first-order chi connectivity index (χ1) is 12.6. The lowest BCUT2D eigenvalue weighted by atomic mass is 9.75. The Labute approximate surface area is 156 Å². The summed E-state index contributed by atoms with van der Waals surface area (Å²) < 4.78 is 5.40. The highest BCUT2D eigenvalue weighted by atomic mass is 16.6. The molecule has 0 amide bonds. The second-order valence-electron chi connectivity index (χ2n) is 6.98. The number of oxime groups is 1. The number of nitrogens with zero attached hydrogens (tertiary/aromatic N) is 1. The highest BCUT2D eigenvalue weighted by Crippen LogP contribution is 2.36. The Kier molecular flexibility index (Phi) is 7.93. The smallest absolute Gasteiger partial charge is 0.168 e. The van der Waals surface area contributed by atoms with Gasteiger partial charge < -0.3 is 14.7 Å². The fourth-order valence-corrected chi connectivity index (χ4v) is 3.56. The summed E-state index contributed by atoms with van der Waals surface area (Å²) >= 11 is 0. The van der Waals surface area contributed by atoms with Gasteiger partial charge in [0.25, 0.3) is 0 Å². The molecule has 1 saturated heterocycles. The van der Waals surface area contributed by atoms with Crippen LogP contribution in [-0.2, 0) is 14.4 Å². The Bertz CT molecular complexity index is 633. The number of allylic oxidation sites excluding steroid dienone is 3. The van der Waals surface area contributed by atoms with Crippen LogP contribution in [0.15, 0.2) is 28.1 Å². The zero-order valence-electron chi connectivity index (χ0n) is 15.8. The van der Waals surface area contributed by atoms with Crippen molar-refractivity contribution >= 4 is 11.5 Å². The minimum absolute atomic E-state index is 0.0311. The van der Waals surface area contributed by atoms with Gasteiger partial charge in [-0.25, -0.2) is 0 Å². The Morgan fingerprint density at radius 1 is 1.38 bits per heavy atom. The predicted molar refractivity (Wildman–Crippen MR) is 102 cm³/mol. The summed E-state index contributed by atoms with van der Waals surface area (Å²) in [7, 11) is 0. The Morgan fingerprint density at radius 3 is 2.73 bits per heavy atom. The molecule has 1 N–H and O–H groups in total. The molecule has 1 heterocycles. The number of aliphatic hydroxyl groups is 1. The highest BCUT2D eigenvalue weighted by molar-refractivity contribution is 6.23. The molecule has 5 heteroatoms. The second-order valence-corrected chi connectivity index (χ2v) is 6.98. The third kappa shape index (κ3) is 5.47. The lowest BCUT2D eigenvalue weighted by Gasteiger charge is -2.32. The van der Waals surface area contributed by atoms with E-state index in [9.17, 15) is 9.90 Å². The monoisotopic (exact) mass is 359 g/mol. The fourth-order valence-electron chi connectivity index (χ4n) is 3.56. The summed E-state index contributed by atoms with van der Waals surface area (Å²) in [5.41, 5.74) is 1.66. The van der Waals surface area contributed by atoms with Crippen LogP contribution in [0, 0.1) is 24.2 Å². The molecule has 0 aromatic carbocycles. The summed E-state index contributed by atoms with van der Waals surface area (Å²) in [5.74, 6) is 3.27. The number of hydrogen-bond donors (Lipinski definition) is 1. The maximum Gasteiger partial charge on any atom is 0.168 e. The Balaban J connectivity index is 2.11. The minimum atomic E-state index is -0.0311. The molecule has 2 rings (SSSR count). The van der Waals surface area contributed by atoms with Crippen LogP contribution in [-0.4, -0.2) is 36.4 Å². The SMILES string of the molecule is C#CC(C)=CCON=C(CCC)C1=C(O)CC(C2CCOCC2)CC1=O. The third-order valence-corrected chi connectivity index (χ3v) is 5.05. The number of hydrogen-bond acceptors (Lipinski definition) is 5. The lowest BCUT2D eigenvalue weighted by Crippen LogP contribution is -2.31. The number of rotatable bonds is 7. The van der Waals surface area contributed by atoms with Gasteiger partial charge in [-0.1, -0.05) is 24.4 Å². The Hall–Kier alpha value is -2.06. The largest absolute Gasteiger partial charge is 0.511 e. The van der Waals surface area contributed by atoms with Gasteiger partial charge in [0.1, 0.15) is 12.4 Å². The molecule has 1 fully saturated rings. The summed E-state index contributed by atoms with van der Waals surface area (Å²) in [6.07, 6.45) is 11.4. The van der Waals surface area contributed by atoms with E-state index in [1.807, 2.05) is 13.8 Å². The molecule has 26 heavy (non-hydrogen) atoms. The van der Waals surface area contributed by atoms with E-state index in [1.54, 1.807) is 6.08 Å². The number of carbonyl (C=O) groups is 1. The first-order valence-corrected chi connectivity index (χ1v) is 9.42. The van der Waals surface area contributed by atoms with Crippen LogP contribution in [0.3, 0.4) is 0 Å². The molecule has 0 aromatic rings. The topological polar surface area (TPSA) is 68.1 Å². The maximum absolute atomic E-state index is 12.7. The molecule has 2 aliphatic rings. The first kappa shape index (κ1) is 20.3. The molecule has 1 unspecified atom stereocenters. The van der Waals surface area contributed by atoms with E-state index in [1.165, 1.54) is 0 Å². The van der Waals surface area contributed by atoms with Crippen LogP contribution >= 0.6 is 0 Å². The van der Waals surface area contributed by atoms with E-state index in [0.29, 0.717) is 36.5 Å². The van der Waals surface area contributed by atoms with Gasteiger partial charge in [-0.2, -0.15) is 0 Å². The molecule has 0 bridgehead atoms. The normalized spacial score (nSPS) is 23.1. The molecule has 0 saturated carbocycles. The standard InChI is InChI=1S/C21H29NO4/c1-4-6-18(22-26-12-7-15(3)5-2)21-19(23)13-17(14-20(21)24)16-8-10-25-11-9-16/h2,7,16-17,23H,4,6,8-14H2,1,3H3. The van der Waals surface area contributed by atoms with Crippen LogP contribution < -0.4 is 0 Å². The van der Waals surface area contributed by atoms with Gasteiger partial charge in [-0.15, -0.1) is 6.42 Å². The van der Waals surface area contributed by atoms with E-state index < -0.39 is 0 Å². The quantitative estimate of drug-likeness (QED) is 0.323. The zero-order valence-corrected chi connectivity index (χ0v) is 15.8. The zero-order chi connectivity index (χ0) is 18.9. The van der Waals surface area contributed by atoms with Gasteiger partial charge in [0.2, 0.25) is 0 Å². The highest BCUT2D eigenvalue weighted by Gasteiger charge is 2.35. The molecule has 1 aliphatic heterocycles. The summed E-state index contributed by atoms with van der Waals surface area (Å²) in [5, 5.41) is 14.7. The summed E-state index contributed by atoms with van der Waals surface area (Å²) in [6.45, 7) is 5.56. The van der Waals surface area contributed by atoms with Crippen LogP contribution in [0.4, 0.5) is 0 Å². The van der Waals surface area contributed by atoms with Gasteiger partial charge in [-0.05, 0) is 49.7 Å². The molecular formula is C21H29NO4. The number of terminal acetylenes is 1. The van der Waals surface area contributed by atoms with Crippen molar-refractivity contribution in [3.63, 3.8) is 0 Å². The van der Waals surface area contributed by atoms with Gasteiger partial charge in [-0.3, -0.25) is 4.79 Å². The van der Waals surface area contributed by atoms with Gasteiger partial charge in [0, 0.05) is 26.1 Å². The molecule has 0 aromatic heterocycles. The van der Waals surface area contributed by atoms with Crippen LogP contribution in [0.25, 0.3) is 0 Å². The van der Waals surface area contributed by atoms with E-state index in [2.05, 4.69) is 11.1 Å². The van der Waals surface area contributed by atoms with Crippen molar-refractivity contribution in [1.29, 1.82) is 0 Å². The average Bonchev–Trinajstić information content (AvgIpc) is 2.65. The molecule has 0 spiro atoms. The number of aliphatic hydroxyl groups excluding tert-OH is 1. The summed E-state index contributed by atoms with van der Waals surface area (Å²) in [4.78, 5) is 18.1. The van der Waals surface area contributed by atoms with E-state index in [-0.39, 0.29) is 24.1 Å². The van der Waals surface area contributed by atoms with Crippen molar-refractivity contribution < 1.29 is 19.5 Å². The minimum Gasteiger partial charge on any atom is -0.511 e. The van der Waals surface area contributed by atoms with Crippen LogP contribution in [0.5, 0.6) is 0 Å².